The molecule has 6 N–H and O–H groups in total. The van der Waals surface area contributed by atoms with Crippen molar-refractivity contribution in [1.29, 1.82) is 0 Å². The molecule has 4 aliphatic carbocycles. The number of carbonyl (C=O) groups excluding carboxylic acids is 1. The van der Waals surface area contributed by atoms with Crippen LogP contribution in [0.2, 0.25) is 0 Å². The van der Waals surface area contributed by atoms with Gasteiger partial charge in [-0.1, -0.05) is 13.8 Å². The maximum absolute atomic E-state index is 13.9. The zero-order valence-electron chi connectivity index (χ0n) is 21.4. The number of rotatable bonds is 4. The molecule has 0 saturated heterocycles. The van der Waals surface area contributed by atoms with Crippen molar-refractivity contribution in [2.24, 2.45) is 46.3 Å². The standard InChI is InChI=1S/C28H43N3O3/c1-17-7-10-28(31)23-8-9-25(2)21(24(32)18-13-19(33-3)15-20(14-18)34-4)5-6-22(25)27(23,30)12-11-26(28,29)16-17/h13-15,17,21-23H,5-12,16,29-31H2,1-4H3/t17-,21+,22?,23?,25+,26-,27+,28-/m0/s1. The molecule has 6 nitrogen and oxygen atoms in total. The van der Waals surface area contributed by atoms with E-state index in [0.29, 0.717) is 23.0 Å². The second kappa shape index (κ2) is 7.94. The zero-order chi connectivity index (χ0) is 24.5. The number of fused-ring (bicyclic) bond motifs is 5. The van der Waals surface area contributed by atoms with E-state index in [0.717, 1.165) is 57.8 Å². The van der Waals surface area contributed by atoms with E-state index in [9.17, 15) is 4.79 Å². The second-order valence-electron chi connectivity index (χ2n) is 12.4. The van der Waals surface area contributed by atoms with Gasteiger partial charge in [-0.3, -0.25) is 4.79 Å². The van der Waals surface area contributed by atoms with Gasteiger partial charge in [-0.25, -0.2) is 0 Å². The van der Waals surface area contributed by atoms with Crippen molar-refractivity contribution in [3.8, 4) is 11.5 Å². The molecule has 4 saturated carbocycles. The Kier molecular flexibility index (Phi) is 5.62. The van der Waals surface area contributed by atoms with Gasteiger partial charge in [0.2, 0.25) is 0 Å². The van der Waals surface area contributed by atoms with Crippen molar-refractivity contribution < 1.29 is 14.3 Å². The first kappa shape index (κ1) is 24.1. The van der Waals surface area contributed by atoms with Crippen LogP contribution in [-0.2, 0) is 0 Å². The van der Waals surface area contributed by atoms with E-state index in [-0.39, 0.29) is 40.0 Å². The van der Waals surface area contributed by atoms with E-state index < -0.39 is 5.54 Å². The largest absolute Gasteiger partial charge is 0.497 e. The minimum atomic E-state index is -0.407. The molecule has 1 aromatic carbocycles. The Morgan fingerprint density at radius 1 is 0.882 bits per heavy atom. The zero-order valence-corrected chi connectivity index (χ0v) is 21.4. The summed E-state index contributed by atoms with van der Waals surface area (Å²) in [6.07, 6.45) is 8.66. The summed E-state index contributed by atoms with van der Waals surface area (Å²) in [6.45, 7) is 4.61. The Morgan fingerprint density at radius 3 is 2.21 bits per heavy atom. The third kappa shape index (κ3) is 3.21. The molecule has 4 fully saturated rings. The fourth-order valence-corrected chi connectivity index (χ4v) is 9.04. The highest BCUT2D eigenvalue weighted by Crippen LogP contribution is 2.66. The highest BCUT2D eigenvalue weighted by atomic mass is 16.5. The van der Waals surface area contributed by atoms with Crippen LogP contribution in [0.25, 0.3) is 0 Å². The normalized spacial score (nSPS) is 45.6. The molecular weight excluding hydrogens is 426 g/mol. The van der Waals surface area contributed by atoms with Crippen LogP contribution in [0, 0.1) is 29.1 Å². The smallest absolute Gasteiger partial charge is 0.166 e. The first-order valence-corrected chi connectivity index (χ1v) is 13.1. The minimum absolute atomic E-state index is 0.0552. The number of ether oxygens (including phenoxy) is 2. The fraction of sp³-hybridized carbons (Fsp3) is 0.750. The van der Waals surface area contributed by atoms with Gasteiger partial charge in [0.25, 0.3) is 0 Å². The maximum atomic E-state index is 13.9. The topological polar surface area (TPSA) is 114 Å². The lowest BCUT2D eigenvalue weighted by Gasteiger charge is -2.68. The molecule has 0 heterocycles. The summed E-state index contributed by atoms with van der Waals surface area (Å²) in [5.41, 5.74) is 21.2. The average Bonchev–Trinajstić information content (AvgIpc) is 3.17. The molecule has 6 heteroatoms. The minimum Gasteiger partial charge on any atom is -0.497 e. The van der Waals surface area contributed by atoms with Crippen molar-refractivity contribution in [3.05, 3.63) is 23.8 Å². The van der Waals surface area contributed by atoms with Crippen molar-refractivity contribution >= 4 is 5.78 Å². The first-order valence-electron chi connectivity index (χ1n) is 13.1. The van der Waals surface area contributed by atoms with Crippen molar-refractivity contribution in [2.45, 2.75) is 88.3 Å². The molecule has 2 unspecified atom stereocenters. The molecule has 1 aromatic rings. The van der Waals surface area contributed by atoms with Crippen molar-refractivity contribution in [1.82, 2.24) is 0 Å². The lowest BCUT2D eigenvalue weighted by molar-refractivity contribution is -0.104. The number of ketones is 1. The molecule has 34 heavy (non-hydrogen) atoms. The van der Waals surface area contributed by atoms with Gasteiger partial charge < -0.3 is 26.7 Å². The number of benzene rings is 1. The van der Waals surface area contributed by atoms with E-state index >= 15 is 0 Å². The summed E-state index contributed by atoms with van der Waals surface area (Å²) in [5, 5.41) is 0. The van der Waals surface area contributed by atoms with Crippen LogP contribution < -0.4 is 26.7 Å². The fourth-order valence-electron chi connectivity index (χ4n) is 9.04. The molecule has 188 valence electrons. The molecule has 0 spiro atoms. The van der Waals surface area contributed by atoms with Gasteiger partial charge in [0.1, 0.15) is 11.5 Å². The van der Waals surface area contributed by atoms with Gasteiger partial charge in [0, 0.05) is 34.2 Å². The first-order chi connectivity index (χ1) is 16.0. The number of methoxy groups -OCH3 is 2. The number of carbonyl (C=O) groups is 1. The van der Waals surface area contributed by atoms with E-state index in [1.165, 1.54) is 0 Å². The lowest BCUT2D eigenvalue weighted by atomic mass is 9.42. The van der Waals surface area contributed by atoms with E-state index in [4.69, 9.17) is 26.7 Å². The van der Waals surface area contributed by atoms with Gasteiger partial charge in [-0.15, -0.1) is 0 Å². The highest BCUT2D eigenvalue weighted by molar-refractivity contribution is 5.99. The Morgan fingerprint density at radius 2 is 1.56 bits per heavy atom. The molecule has 5 rings (SSSR count). The number of Topliss-reactive ketones (excluding diaryl/α,β-unsaturated/α-hetero) is 1. The SMILES string of the molecule is COc1cc(OC)cc(C(=O)[C@H]2CCC3[C@]4(N)CC[C@]5(N)C[C@@H](C)CC[C@]5(N)C4CC[C@@]32C)c1. The van der Waals surface area contributed by atoms with Crippen LogP contribution in [-0.4, -0.2) is 36.6 Å². The van der Waals surface area contributed by atoms with Crippen molar-refractivity contribution in [2.75, 3.05) is 14.2 Å². The summed E-state index contributed by atoms with van der Waals surface area (Å²) in [6, 6.07) is 5.49. The molecule has 0 amide bonds. The van der Waals surface area contributed by atoms with E-state index in [1.807, 2.05) is 18.2 Å². The van der Waals surface area contributed by atoms with E-state index in [1.54, 1.807) is 14.2 Å². The quantitative estimate of drug-likeness (QED) is 0.574. The van der Waals surface area contributed by atoms with Gasteiger partial charge in [-0.05, 0) is 93.1 Å². The van der Waals surface area contributed by atoms with Crippen LogP contribution in [0.5, 0.6) is 11.5 Å². The Hall–Kier alpha value is -1.63. The lowest BCUT2D eigenvalue weighted by Crippen LogP contribution is -2.81. The summed E-state index contributed by atoms with van der Waals surface area (Å²) in [7, 11) is 3.23. The predicted molar refractivity (Wildman–Crippen MR) is 134 cm³/mol. The van der Waals surface area contributed by atoms with Gasteiger partial charge in [-0.2, -0.15) is 0 Å². The monoisotopic (exact) mass is 469 g/mol. The summed E-state index contributed by atoms with van der Waals surface area (Å²) in [4.78, 5) is 13.9. The van der Waals surface area contributed by atoms with Crippen molar-refractivity contribution in [3.63, 3.8) is 0 Å². The van der Waals surface area contributed by atoms with Gasteiger partial charge in [0.05, 0.1) is 14.2 Å². The average molecular weight is 470 g/mol. The van der Waals surface area contributed by atoms with Crippen LogP contribution in [0.4, 0.5) is 0 Å². The second-order valence-corrected chi connectivity index (χ2v) is 12.4. The molecule has 0 bridgehead atoms. The molecule has 0 aromatic heterocycles. The maximum Gasteiger partial charge on any atom is 0.166 e. The summed E-state index contributed by atoms with van der Waals surface area (Å²) in [5.74, 6) is 2.53. The third-order valence-corrected chi connectivity index (χ3v) is 10.9. The predicted octanol–water partition coefficient (Wildman–Crippen LogP) is 4.04. The van der Waals surface area contributed by atoms with Gasteiger partial charge in [0.15, 0.2) is 5.78 Å². The molecule has 4 aliphatic rings. The van der Waals surface area contributed by atoms with Gasteiger partial charge >= 0.3 is 0 Å². The third-order valence-electron chi connectivity index (χ3n) is 10.9. The molecule has 0 radical (unpaired) electrons. The van der Waals surface area contributed by atoms with Crippen LogP contribution in [0.15, 0.2) is 18.2 Å². The van der Waals surface area contributed by atoms with Crippen LogP contribution in [0.1, 0.15) is 82.0 Å². The Balaban J connectivity index is 1.46. The Labute approximate surface area is 204 Å². The molecule has 8 atom stereocenters. The summed E-state index contributed by atoms with van der Waals surface area (Å²) < 4.78 is 10.9. The highest BCUT2D eigenvalue weighted by Gasteiger charge is 2.69. The summed E-state index contributed by atoms with van der Waals surface area (Å²) >= 11 is 0. The molecular formula is C28H43N3O3. The Bertz CT molecular complexity index is 961. The number of nitrogens with two attached hydrogens (primary N) is 3. The van der Waals surface area contributed by atoms with E-state index in [2.05, 4.69) is 13.8 Å². The van der Waals surface area contributed by atoms with Crippen LogP contribution in [0.3, 0.4) is 0 Å². The number of hydrogen-bond acceptors (Lipinski definition) is 6. The van der Waals surface area contributed by atoms with Crippen LogP contribution >= 0.6 is 0 Å². The number of hydrogen-bond donors (Lipinski definition) is 3. The molecule has 0 aliphatic heterocycles.